The van der Waals surface area contributed by atoms with Gasteiger partial charge in [-0.05, 0) is 36.8 Å². The van der Waals surface area contributed by atoms with Crippen molar-refractivity contribution in [1.29, 1.82) is 0 Å². The molecule has 0 unspecified atom stereocenters. The van der Waals surface area contributed by atoms with Gasteiger partial charge in [0.1, 0.15) is 4.83 Å². The average Bonchev–Trinajstić information content (AvgIpc) is 3.13. The number of nitrogens with one attached hydrogen (secondary N) is 1. The van der Waals surface area contributed by atoms with Crippen molar-refractivity contribution in [2.24, 2.45) is 0 Å². The largest absolute Gasteiger partial charge is 0.326 e. The van der Waals surface area contributed by atoms with Crippen molar-refractivity contribution in [1.82, 2.24) is 9.55 Å². The Bertz CT molecular complexity index is 1320. The van der Waals surface area contributed by atoms with E-state index in [9.17, 15) is 14.4 Å². The zero-order valence-electron chi connectivity index (χ0n) is 17.2. The number of nitrogens with zero attached hydrogens (tertiary/aromatic N) is 2. The number of amides is 1. The summed E-state index contributed by atoms with van der Waals surface area (Å²) in [6.07, 6.45) is 1.81. The van der Waals surface area contributed by atoms with Crippen molar-refractivity contribution < 1.29 is 9.59 Å². The summed E-state index contributed by atoms with van der Waals surface area (Å²) >= 11 is 1.48. The van der Waals surface area contributed by atoms with E-state index in [-0.39, 0.29) is 23.8 Å². The number of hydrogen-bond donors (Lipinski definition) is 1. The first-order valence-electron chi connectivity index (χ1n) is 9.95. The van der Waals surface area contributed by atoms with Crippen molar-refractivity contribution in [2.45, 2.75) is 26.8 Å². The maximum Gasteiger partial charge on any atom is 0.263 e. The van der Waals surface area contributed by atoms with E-state index in [0.717, 1.165) is 16.0 Å². The van der Waals surface area contributed by atoms with Crippen LogP contribution in [0.15, 0.2) is 65.7 Å². The number of thiophene rings is 1. The molecule has 4 rings (SSSR count). The fourth-order valence-corrected chi connectivity index (χ4v) is 4.44. The molecule has 4 aromatic rings. The third-order valence-electron chi connectivity index (χ3n) is 5.04. The monoisotopic (exact) mass is 431 g/mol. The average molecular weight is 432 g/mol. The quantitative estimate of drug-likeness (QED) is 0.450. The number of hydrogen-bond acceptors (Lipinski definition) is 5. The number of carbonyl (C=O) groups is 2. The van der Waals surface area contributed by atoms with Crippen LogP contribution in [0.25, 0.3) is 21.3 Å². The predicted octanol–water partition coefficient (Wildman–Crippen LogP) is 4.66. The van der Waals surface area contributed by atoms with E-state index in [4.69, 9.17) is 0 Å². The van der Waals surface area contributed by atoms with Gasteiger partial charge in [-0.1, -0.05) is 37.3 Å². The maximum absolute atomic E-state index is 13.2. The van der Waals surface area contributed by atoms with Crippen LogP contribution in [0.5, 0.6) is 0 Å². The number of carbonyl (C=O) groups excluding carboxylic acids is 2. The Morgan fingerprint density at radius 3 is 2.45 bits per heavy atom. The van der Waals surface area contributed by atoms with Crippen molar-refractivity contribution in [3.63, 3.8) is 0 Å². The molecule has 0 fully saturated rings. The number of rotatable bonds is 6. The zero-order valence-corrected chi connectivity index (χ0v) is 18.0. The molecule has 31 heavy (non-hydrogen) atoms. The summed E-state index contributed by atoms with van der Waals surface area (Å²) < 4.78 is 1.36. The van der Waals surface area contributed by atoms with Crippen LogP contribution in [0, 0.1) is 6.92 Å². The van der Waals surface area contributed by atoms with Gasteiger partial charge >= 0.3 is 0 Å². The van der Waals surface area contributed by atoms with E-state index in [2.05, 4.69) is 10.3 Å². The summed E-state index contributed by atoms with van der Waals surface area (Å²) in [4.78, 5) is 43.6. The molecule has 0 aliphatic heterocycles. The van der Waals surface area contributed by atoms with Gasteiger partial charge in [0.25, 0.3) is 5.56 Å². The fourth-order valence-electron chi connectivity index (χ4n) is 3.44. The highest BCUT2D eigenvalue weighted by atomic mass is 32.1. The SMILES string of the molecule is CCC(=O)Nc1ccc(C(=O)Cn2cnc3sc(C)c(-c4ccccc4)c3c2=O)cc1. The lowest BCUT2D eigenvalue weighted by Gasteiger charge is -2.08. The predicted molar refractivity (Wildman–Crippen MR) is 124 cm³/mol. The highest BCUT2D eigenvalue weighted by molar-refractivity contribution is 7.19. The number of ketones is 1. The normalized spacial score (nSPS) is 10.9. The molecule has 156 valence electrons. The van der Waals surface area contributed by atoms with Crippen LogP contribution in [-0.4, -0.2) is 21.2 Å². The number of Topliss-reactive ketones (excluding diaryl/α,β-unsaturated/α-hetero) is 1. The summed E-state index contributed by atoms with van der Waals surface area (Å²) in [5, 5.41) is 3.29. The Balaban J connectivity index is 1.65. The van der Waals surface area contributed by atoms with Crippen LogP contribution in [0.4, 0.5) is 5.69 Å². The van der Waals surface area contributed by atoms with E-state index in [0.29, 0.717) is 27.9 Å². The van der Waals surface area contributed by atoms with E-state index in [1.54, 1.807) is 31.2 Å². The van der Waals surface area contributed by atoms with Gasteiger partial charge in [0.15, 0.2) is 5.78 Å². The zero-order chi connectivity index (χ0) is 22.0. The Kier molecular flexibility index (Phi) is 5.77. The first-order valence-corrected chi connectivity index (χ1v) is 10.8. The highest BCUT2D eigenvalue weighted by Gasteiger charge is 2.18. The van der Waals surface area contributed by atoms with Crippen LogP contribution < -0.4 is 10.9 Å². The Morgan fingerprint density at radius 1 is 1.06 bits per heavy atom. The van der Waals surface area contributed by atoms with Gasteiger partial charge in [-0.3, -0.25) is 19.0 Å². The van der Waals surface area contributed by atoms with E-state index in [1.807, 2.05) is 37.3 Å². The van der Waals surface area contributed by atoms with Gasteiger partial charge < -0.3 is 5.32 Å². The number of aromatic nitrogens is 2. The van der Waals surface area contributed by atoms with Crippen molar-refractivity contribution in [3.05, 3.63) is 81.7 Å². The molecule has 2 aromatic carbocycles. The first-order chi connectivity index (χ1) is 15.0. The van der Waals surface area contributed by atoms with Gasteiger partial charge in [-0.25, -0.2) is 4.98 Å². The van der Waals surface area contributed by atoms with Gasteiger partial charge in [0.2, 0.25) is 5.91 Å². The molecule has 0 aliphatic carbocycles. The second kappa shape index (κ2) is 8.65. The van der Waals surface area contributed by atoms with Gasteiger partial charge in [0, 0.05) is 28.1 Å². The topological polar surface area (TPSA) is 81.1 Å². The van der Waals surface area contributed by atoms with Crippen LogP contribution >= 0.6 is 11.3 Å². The maximum atomic E-state index is 13.2. The minimum absolute atomic E-state index is 0.0923. The lowest BCUT2D eigenvalue weighted by molar-refractivity contribution is -0.115. The van der Waals surface area contributed by atoms with Gasteiger partial charge in [0.05, 0.1) is 18.3 Å². The van der Waals surface area contributed by atoms with Crippen LogP contribution in [-0.2, 0) is 11.3 Å². The number of anilines is 1. The smallest absolute Gasteiger partial charge is 0.263 e. The van der Waals surface area contributed by atoms with E-state index in [1.165, 1.54) is 22.2 Å². The molecule has 2 heterocycles. The standard InChI is InChI=1S/C24H21N3O3S/c1-3-20(29)26-18-11-9-16(10-12-18)19(28)13-27-14-25-23-22(24(27)30)21(15(2)31-23)17-7-5-4-6-8-17/h4-12,14H,3,13H2,1-2H3,(H,26,29). The summed E-state index contributed by atoms with van der Waals surface area (Å²) in [6, 6.07) is 16.4. The van der Waals surface area contributed by atoms with E-state index < -0.39 is 0 Å². The molecule has 2 aromatic heterocycles. The molecule has 0 saturated carbocycles. The number of aryl methyl sites for hydroxylation is 1. The molecule has 6 nitrogen and oxygen atoms in total. The molecule has 0 atom stereocenters. The Hall–Kier alpha value is -3.58. The third-order valence-corrected chi connectivity index (χ3v) is 6.06. The molecule has 0 saturated heterocycles. The summed E-state index contributed by atoms with van der Waals surface area (Å²) in [5.41, 5.74) is 2.69. The molecule has 0 aliphatic rings. The fraction of sp³-hybridized carbons (Fsp3) is 0.167. The van der Waals surface area contributed by atoms with E-state index >= 15 is 0 Å². The lowest BCUT2D eigenvalue weighted by atomic mass is 10.0. The summed E-state index contributed by atoms with van der Waals surface area (Å²) in [5.74, 6) is -0.296. The molecule has 7 heteroatoms. The van der Waals surface area contributed by atoms with Crippen molar-refractivity contribution in [3.8, 4) is 11.1 Å². The molecular formula is C24H21N3O3S. The highest BCUT2D eigenvalue weighted by Crippen LogP contribution is 2.35. The second-order valence-electron chi connectivity index (χ2n) is 7.16. The Morgan fingerprint density at radius 2 is 1.77 bits per heavy atom. The van der Waals surface area contributed by atoms with Gasteiger partial charge in [-0.15, -0.1) is 11.3 Å². The van der Waals surface area contributed by atoms with Gasteiger partial charge in [-0.2, -0.15) is 0 Å². The summed E-state index contributed by atoms with van der Waals surface area (Å²) in [6.45, 7) is 3.64. The second-order valence-corrected chi connectivity index (χ2v) is 8.36. The molecule has 0 radical (unpaired) electrons. The summed E-state index contributed by atoms with van der Waals surface area (Å²) in [7, 11) is 0. The molecular weight excluding hydrogens is 410 g/mol. The van der Waals surface area contributed by atoms with Crippen molar-refractivity contribution >= 4 is 38.9 Å². The van der Waals surface area contributed by atoms with Crippen LogP contribution in [0.2, 0.25) is 0 Å². The molecule has 0 spiro atoms. The first kappa shape index (κ1) is 20.7. The minimum Gasteiger partial charge on any atom is -0.326 e. The molecule has 1 amide bonds. The number of fused-ring (bicyclic) bond motifs is 1. The van der Waals surface area contributed by atoms with Crippen LogP contribution in [0.3, 0.4) is 0 Å². The Labute approximate surface area is 183 Å². The lowest BCUT2D eigenvalue weighted by Crippen LogP contribution is -2.24. The van der Waals surface area contributed by atoms with Crippen LogP contribution in [0.1, 0.15) is 28.6 Å². The number of benzene rings is 2. The molecule has 0 bridgehead atoms. The molecule has 1 N–H and O–H groups in total. The minimum atomic E-state index is -0.228. The third kappa shape index (κ3) is 4.18. The van der Waals surface area contributed by atoms with Crippen molar-refractivity contribution in [2.75, 3.05) is 5.32 Å².